The fourth-order valence-electron chi connectivity index (χ4n) is 2.31. The van der Waals surface area contributed by atoms with Crippen LogP contribution < -0.4 is 4.72 Å². The van der Waals surface area contributed by atoms with Crippen molar-refractivity contribution in [2.24, 2.45) is 0 Å². The van der Waals surface area contributed by atoms with E-state index in [1.165, 1.54) is 0 Å². The first-order valence-electron chi connectivity index (χ1n) is 8.03. The Bertz CT molecular complexity index is 981. The summed E-state index contributed by atoms with van der Waals surface area (Å²) >= 11 is 5.85. The highest BCUT2D eigenvalue weighted by Gasteiger charge is 2.16. The molecule has 0 atom stereocenters. The molecule has 3 aromatic rings. The molecule has 0 amide bonds. The van der Waals surface area contributed by atoms with E-state index in [0.29, 0.717) is 16.8 Å². The van der Waals surface area contributed by atoms with Crippen molar-refractivity contribution >= 4 is 21.6 Å². The molecule has 2 aromatic carbocycles. The summed E-state index contributed by atoms with van der Waals surface area (Å²) < 4.78 is 32.3. The summed E-state index contributed by atoms with van der Waals surface area (Å²) in [7, 11) is -3.66. The van der Waals surface area contributed by atoms with Crippen molar-refractivity contribution in [3.05, 3.63) is 65.0 Å². The van der Waals surface area contributed by atoms with Crippen molar-refractivity contribution in [1.29, 1.82) is 0 Å². The maximum atomic E-state index is 12.4. The van der Waals surface area contributed by atoms with Crippen molar-refractivity contribution in [3.8, 4) is 11.4 Å². The van der Waals surface area contributed by atoms with Gasteiger partial charge in [-0.15, -0.1) is 0 Å². The smallest absolute Gasteiger partial charge is 0.242 e. The van der Waals surface area contributed by atoms with Gasteiger partial charge >= 0.3 is 0 Å². The number of benzene rings is 2. The molecular formula is C18H18ClN3O3S. The number of hydrogen-bond acceptors (Lipinski definition) is 5. The summed E-state index contributed by atoms with van der Waals surface area (Å²) in [4.78, 5) is 4.39. The lowest BCUT2D eigenvalue weighted by Gasteiger charge is -2.08. The van der Waals surface area contributed by atoms with Crippen LogP contribution in [0.4, 0.5) is 0 Å². The zero-order chi connectivity index (χ0) is 18.7. The van der Waals surface area contributed by atoms with Gasteiger partial charge in [-0.25, -0.2) is 13.1 Å². The van der Waals surface area contributed by atoms with Crippen LogP contribution in [0.3, 0.4) is 0 Å². The highest BCUT2D eigenvalue weighted by atomic mass is 35.5. The third-order valence-corrected chi connectivity index (χ3v) is 5.51. The Labute approximate surface area is 157 Å². The lowest BCUT2D eigenvalue weighted by atomic mass is 10.0. The zero-order valence-corrected chi connectivity index (χ0v) is 15.9. The molecule has 0 fully saturated rings. The van der Waals surface area contributed by atoms with E-state index >= 15 is 0 Å². The van der Waals surface area contributed by atoms with Crippen molar-refractivity contribution in [1.82, 2.24) is 14.9 Å². The summed E-state index contributed by atoms with van der Waals surface area (Å²) in [5, 5.41) is 4.46. The number of nitrogens with zero attached hydrogens (tertiary/aromatic N) is 2. The molecule has 0 radical (unpaired) electrons. The summed E-state index contributed by atoms with van der Waals surface area (Å²) in [5.41, 5.74) is 1.81. The molecule has 0 aliphatic heterocycles. The third kappa shape index (κ3) is 4.30. The van der Waals surface area contributed by atoms with E-state index in [0.717, 1.165) is 11.1 Å². The second-order valence-electron chi connectivity index (χ2n) is 6.07. The predicted octanol–water partition coefficient (Wildman–Crippen LogP) is 3.99. The average molecular weight is 392 g/mol. The Morgan fingerprint density at radius 3 is 2.35 bits per heavy atom. The van der Waals surface area contributed by atoms with Crippen molar-refractivity contribution < 1.29 is 12.9 Å². The highest BCUT2D eigenvalue weighted by Crippen LogP contribution is 2.19. The molecule has 26 heavy (non-hydrogen) atoms. The Balaban J connectivity index is 1.69. The first-order chi connectivity index (χ1) is 12.3. The van der Waals surface area contributed by atoms with Crippen molar-refractivity contribution in [3.63, 3.8) is 0 Å². The Morgan fingerprint density at radius 1 is 1.08 bits per heavy atom. The molecule has 0 saturated heterocycles. The number of sulfonamides is 1. The van der Waals surface area contributed by atoms with Gasteiger partial charge in [0.1, 0.15) is 0 Å². The predicted molar refractivity (Wildman–Crippen MR) is 99.3 cm³/mol. The molecule has 0 unspecified atom stereocenters. The Hall–Kier alpha value is -2.22. The van der Waals surface area contributed by atoms with Crippen LogP contribution in [-0.2, 0) is 16.6 Å². The third-order valence-electron chi connectivity index (χ3n) is 3.84. The molecule has 1 heterocycles. The molecule has 136 valence electrons. The second kappa shape index (κ2) is 7.57. The largest absolute Gasteiger partial charge is 0.338 e. The maximum absolute atomic E-state index is 12.4. The lowest BCUT2D eigenvalue weighted by Crippen LogP contribution is -2.23. The van der Waals surface area contributed by atoms with E-state index in [1.807, 2.05) is 12.1 Å². The van der Waals surface area contributed by atoms with Crippen LogP contribution in [0.25, 0.3) is 11.4 Å². The van der Waals surface area contributed by atoms with Gasteiger partial charge in [-0.05, 0) is 47.9 Å². The molecule has 1 N–H and O–H groups in total. The quantitative estimate of drug-likeness (QED) is 0.686. The fourth-order valence-corrected chi connectivity index (χ4v) is 3.42. The normalized spacial score (nSPS) is 11.8. The van der Waals surface area contributed by atoms with Gasteiger partial charge in [0.2, 0.25) is 21.7 Å². The van der Waals surface area contributed by atoms with Gasteiger partial charge in [-0.1, -0.05) is 42.7 Å². The first kappa shape index (κ1) is 18.6. The Kier molecular flexibility index (Phi) is 5.41. The monoisotopic (exact) mass is 391 g/mol. The molecule has 0 aliphatic rings. The molecule has 8 heteroatoms. The summed E-state index contributed by atoms with van der Waals surface area (Å²) in [6.45, 7) is 4.01. The van der Waals surface area contributed by atoms with Gasteiger partial charge in [0.15, 0.2) is 0 Å². The number of aromatic nitrogens is 2. The summed E-state index contributed by atoms with van der Waals surface area (Å²) in [6, 6.07) is 13.8. The van der Waals surface area contributed by atoms with Gasteiger partial charge in [0.25, 0.3) is 0 Å². The summed E-state index contributed by atoms with van der Waals surface area (Å²) in [5.74, 6) is 0.888. The molecular weight excluding hydrogens is 374 g/mol. The van der Waals surface area contributed by atoms with Crippen molar-refractivity contribution in [2.75, 3.05) is 0 Å². The minimum Gasteiger partial charge on any atom is -0.338 e. The van der Waals surface area contributed by atoms with E-state index in [1.54, 1.807) is 36.4 Å². The zero-order valence-electron chi connectivity index (χ0n) is 14.3. The molecule has 3 rings (SSSR count). The minimum absolute atomic E-state index is 0.0884. The molecule has 0 aliphatic carbocycles. The van der Waals surface area contributed by atoms with Crippen LogP contribution in [0.1, 0.15) is 31.2 Å². The topological polar surface area (TPSA) is 85.1 Å². The molecule has 0 bridgehead atoms. The second-order valence-corrected chi connectivity index (χ2v) is 8.27. The summed E-state index contributed by atoms with van der Waals surface area (Å²) in [6.07, 6.45) is 0. The highest BCUT2D eigenvalue weighted by molar-refractivity contribution is 7.89. The average Bonchev–Trinajstić information content (AvgIpc) is 3.10. The van der Waals surface area contributed by atoms with Crippen LogP contribution in [0, 0.1) is 0 Å². The van der Waals surface area contributed by atoms with Gasteiger partial charge in [0.05, 0.1) is 11.4 Å². The number of rotatable bonds is 6. The van der Waals surface area contributed by atoms with Gasteiger partial charge in [-0.2, -0.15) is 4.98 Å². The van der Waals surface area contributed by atoms with Gasteiger partial charge < -0.3 is 4.52 Å². The number of halogens is 1. The molecule has 0 spiro atoms. The number of hydrogen-bond donors (Lipinski definition) is 1. The first-order valence-corrected chi connectivity index (χ1v) is 9.89. The van der Waals surface area contributed by atoms with E-state index < -0.39 is 10.0 Å². The molecule has 1 aromatic heterocycles. The van der Waals surface area contributed by atoms with E-state index in [9.17, 15) is 8.42 Å². The van der Waals surface area contributed by atoms with E-state index in [2.05, 4.69) is 28.7 Å². The van der Waals surface area contributed by atoms with E-state index in [4.69, 9.17) is 16.1 Å². The van der Waals surface area contributed by atoms with Crippen LogP contribution in [0.2, 0.25) is 5.02 Å². The van der Waals surface area contributed by atoms with Crippen LogP contribution >= 0.6 is 11.6 Å². The van der Waals surface area contributed by atoms with Gasteiger partial charge in [-0.3, -0.25) is 0 Å². The van der Waals surface area contributed by atoms with Crippen molar-refractivity contribution in [2.45, 2.75) is 31.2 Å². The van der Waals surface area contributed by atoms with E-state index in [-0.39, 0.29) is 17.3 Å². The number of nitrogens with one attached hydrogen (secondary N) is 1. The molecule has 6 nitrogen and oxygen atoms in total. The van der Waals surface area contributed by atoms with Crippen LogP contribution in [-0.4, -0.2) is 18.6 Å². The van der Waals surface area contributed by atoms with Gasteiger partial charge in [0, 0.05) is 10.6 Å². The van der Waals surface area contributed by atoms with Crippen LogP contribution in [0.5, 0.6) is 0 Å². The Morgan fingerprint density at radius 2 is 1.73 bits per heavy atom. The van der Waals surface area contributed by atoms with Crippen LogP contribution in [0.15, 0.2) is 57.9 Å². The fraction of sp³-hybridized carbons (Fsp3) is 0.222. The maximum Gasteiger partial charge on any atom is 0.242 e. The SMILES string of the molecule is CC(C)c1ccc(S(=O)(=O)NCc2nc(-c3ccc(Cl)cc3)no2)cc1. The minimum atomic E-state index is -3.66. The lowest BCUT2D eigenvalue weighted by molar-refractivity contribution is 0.376. The standard InChI is InChI=1S/C18H18ClN3O3S/c1-12(2)13-5-9-16(10-6-13)26(23,24)20-11-17-21-18(22-25-17)14-3-7-15(19)8-4-14/h3-10,12,20H,11H2,1-2H3. The molecule has 0 saturated carbocycles.